The van der Waals surface area contributed by atoms with Gasteiger partial charge in [-0.05, 0) is 61.1 Å². The topological polar surface area (TPSA) is 52.7 Å². The van der Waals surface area contributed by atoms with Gasteiger partial charge in [0.05, 0.1) is 0 Å². The number of nitrogens with zero attached hydrogens (tertiary/aromatic N) is 2. The van der Waals surface area contributed by atoms with E-state index in [0.29, 0.717) is 0 Å². The van der Waals surface area contributed by atoms with Crippen molar-refractivity contribution in [2.75, 3.05) is 34.8 Å². The summed E-state index contributed by atoms with van der Waals surface area (Å²) in [7, 11) is 0. The molecule has 5 nitrogen and oxygen atoms in total. The third-order valence-electron chi connectivity index (χ3n) is 5.66. The van der Waals surface area contributed by atoms with Crippen molar-refractivity contribution in [2.45, 2.75) is 40.0 Å². The monoisotopic (exact) mass is 393 g/mol. The quantitative estimate of drug-likeness (QED) is 0.787. The molecule has 3 rings (SSSR count). The number of nitrogens with one attached hydrogen (secondary N) is 1. The van der Waals surface area contributed by atoms with E-state index in [0.717, 1.165) is 42.4 Å². The number of piperidine rings is 1. The van der Waals surface area contributed by atoms with Gasteiger partial charge in [0.1, 0.15) is 6.54 Å². The summed E-state index contributed by atoms with van der Waals surface area (Å²) in [5.41, 5.74) is 3.80. The van der Waals surface area contributed by atoms with Crippen LogP contribution < -0.4 is 15.1 Å². The van der Waals surface area contributed by atoms with Crippen molar-refractivity contribution in [3.8, 4) is 0 Å². The van der Waals surface area contributed by atoms with E-state index in [4.69, 9.17) is 0 Å². The fraction of sp³-hybridized carbons (Fsp3) is 0.417. The highest BCUT2D eigenvalue weighted by Crippen LogP contribution is 2.25. The molecule has 1 heterocycles. The first-order valence-corrected chi connectivity index (χ1v) is 10.5. The molecule has 2 aromatic carbocycles. The molecule has 29 heavy (non-hydrogen) atoms. The molecular formula is C24H31N3O2. The van der Waals surface area contributed by atoms with E-state index in [1.807, 2.05) is 48.5 Å². The summed E-state index contributed by atoms with van der Waals surface area (Å²) in [6.07, 6.45) is 3.26. The number of hydrogen-bond donors (Lipinski definition) is 1. The molecule has 0 saturated carbocycles. The predicted molar refractivity (Wildman–Crippen MR) is 120 cm³/mol. The number of anilines is 3. The molecule has 0 aliphatic carbocycles. The molecule has 0 radical (unpaired) electrons. The third-order valence-corrected chi connectivity index (χ3v) is 5.66. The molecule has 0 atom stereocenters. The Morgan fingerprint density at radius 1 is 1.07 bits per heavy atom. The Balaban J connectivity index is 1.67. The first kappa shape index (κ1) is 20.9. The number of hydrogen-bond acceptors (Lipinski definition) is 3. The highest BCUT2D eigenvalue weighted by molar-refractivity contribution is 6.02. The van der Waals surface area contributed by atoms with E-state index in [-0.39, 0.29) is 18.4 Å². The van der Waals surface area contributed by atoms with Crippen LogP contribution in [0.4, 0.5) is 17.1 Å². The minimum absolute atomic E-state index is 0.00599. The first-order valence-electron chi connectivity index (χ1n) is 10.5. The van der Waals surface area contributed by atoms with Gasteiger partial charge in [-0.25, -0.2) is 0 Å². The Kier molecular flexibility index (Phi) is 6.91. The van der Waals surface area contributed by atoms with Crippen LogP contribution in [0, 0.1) is 5.92 Å². The minimum Gasteiger partial charge on any atom is -0.372 e. The van der Waals surface area contributed by atoms with Gasteiger partial charge in [0, 0.05) is 37.1 Å². The number of para-hydroxylation sites is 1. The lowest BCUT2D eigenvalue weighted by Crippen LogP contribution is -2.37. The molecule has 154 valence electrons. The molecule has 1 N–H and O–H groups in total. The lowest BCUT2D eigenvalue weighted by Gasteiger charge is -2.32. The van der Waals surface area contributed by atoms with Gasteiger partial charge in [-0.15, -0.1) is 0 Å². The van der Waals surface area contributed by atoms with Crippen LogP contribution in [0.25, 0.3) is 0 Å². The van der Waals surface area contributed by atoms with Gasteiger partial charge in [-0.2, -0.15) is 0 Å². The average molecular weight is 394 g/mol. The SMILES string of the molecule is CCc1ccccc1NC(=O)CN(C(C)=O)c1ccc(N2CCC(C)CC2)cc1. The lowest BCUT2D eigenvalue weighted by atomic mass is 9.99. The number of benzene rings is 2. The molecule has 0 bridgehead atoms. The summed E-state index contributed by atoms with van der Waals surface area (Å²) in [5, 5.41) is 2.94. The number of carbonyl (C=O) groups excluding carboxylic acids is 2. The molecule has 5 heteroatoms. The molecule has 0 unspecified atom stereocenters. The van der Waals surface area contributed by atoms with Gasteiger partial charge in [-0.3, -0.25) is 9.59 Å². The largest absolute Gasteiger partial charge is 0.372 e. The second kappa shape index (κ2) is 9.59. The van der Waals surface area contributed by atoms with E-state index in [9.17, 15) is 9.59 Å². The normalized spacial score (nSPS) is 14.5. The van der Waals surface area contributed by atoms with Crippen molar-refractivity contribution in [3.05, 3.63) is 54.1 Å². The van der Waals surface area contributed by atoms with Gasteiger partial charge < -0.3 is 15.1 Å². The lowest BCUT2D eigenvalue weighted by molar-refractivity contribution is -0.120. The Labute approximate surface area is 173 Å². The second-order valence-electron chi connectivity index (χ2n) is 7.85. The molecular weight excluding hydrogens is 362 g/mol. The molecule has 1 fully saturated rings. The standard InChI is InChI=1S/C24H31N3O2/c1-4-20-7-5-6-8-23(20)25-24(29)17-27(19(3)28)22-11-9-21(10-12-22)26-15-13-18(2)14-16-26/h5-12,18H,4,13-17H2,1-3H3,(H,25,29). The van der Waals surface area contributed by atoms with Crippen LogP contribution in [0.5, 0.6) is 0 Å². The fourth-order valence-electron chi connectivity index (χ4n) is 3.78. The number of rotatable bonds is 6. The summed E-state index contributed by atoms with van der Waals surface area (Å²) in [6, 6.07) is 15.7. The Bertz CT molecular complexity index is 839. The van der Waals surface area contributed by atoms with Gasteiger partial charge in [0.25, 0.3) is 0 Å². The van der Waals surface area contributed by atoms with Crippen LogP contribution >= 0.6 is 0 Å². The van der Waals surface area contributed by atoms with E-state index in [1.54, 1.807) is 0 Å². The molecule has 2 aromatic rings. The molecule has 1 aliphatic rings. The van der Waals surface area contributed by atoms with Crippen LogP contribution in [0.15, 0.2) is 48.5 Å². The maximum absolute atomic E-state index is 12.6. The Morgan fingerprint density at radius 3 is 2.34 bits per heavy atom. The maximum Gasteiger partial charge on any atom is 0.244 e. The highest BCUT2D eigenvalue weighted by atomic mass is 16.2. The molecule has 0 aromatic heterocycles. The van der Waals surface area contributed by atoms with E-state index >= 15 is 0 Å². The summed E-state index contributed by atoms with van der Waals surface area (Å²) in [6.45, 7) is 7.97. The van der Waals surface area contributed by atoms with Crippen LogP contribution in [0.2, 0.25) is 0 Å². The van der Waals surface area contributed by atoms with Gasteiger partial charge in [-0.1, -0.05) is 32.0 Å². The average Bonchev–Trinajstić information content (AvgIpc) is 2.73. The van der Waals surface area contributed by atoms with Gasteiger partial charge in [0.15, 0.2) is 0 Å². The van der Waals surface area contributed by atoms with Crippen molar-refractivity contribution in [1.29, 1.82) is 0 Å². The van der Waals surface area contributed by atoms with Crippen molar-refractivity contribution in [2.24, 2.45) is 5.92 Å². The predicted octanol–water partition coefficient (Wildman–Crippen LogP) is 4.48. The summed E-state index contributed by atoms with van der Waals surface area (Å²) in [4.78, 5) is 28.7. The molecule has 1 aliphatic heterocycles. The Morgan fingerprint density at radius 2 is 1.72 bits per heavy atom. The van der Waals surface area contributed by atoms with Gasteiger partial charge >= 0.3 is 0 Å². The van der Waals surface area contributed by atoms with Crippen molar-refractivity contribution in [3.63, 3.8) is 0 Å². The second-order valence-corrected chi connectivity index (χ2v) is 7.85. The zero-order valence-corrected chi connectivity index (χ0v) is 17.6. The molecule has 2 amide bonds. The van der Waals surface area contributed by atoms with Crippen LogP contribution in [-0.2, 0) is 16.0 Å². The zero-order valence-electron chi connectivity index (χ0n) is 17.6. The van der Waals surface area contributed by atoms with E-state index in [1.165, 1.54) is 30.4 Å². The van der Waals surface area contributed by atoms with Crippen molar-refractivity contribution >= 4 is 28.9 Å². The number of carbonyl (C=O) groups is 2. The zero-order chi connectivity index (χ0) is 20.8. The van der Waals surface area contributed by atoms with Crippen molar-refractivity contribution < 1.29 is 9.59 Å². The summed E-state index contributed by atoms with van der Waals surface area (Å²) in [5.74, 6) is 0.439. The third kappa shape index (κ3) is 5.37. The minimum atomic E-state index is -0.199. The Hall–Kier alpha value is -2.82. The van der Waals surface area contributed by atoms with Crippen LogP contribution in [0.3, 0.4) is 0 Å². The van der Waals surface area contributed by atoms with Crippen LogP contribution in [0.1, 0.15) is 39.2 Å². The summed E-state index contributed by atoms with van der Waals surface area (Å²) < 4.78 is 0. The highest BCUT2D eigenvalue weighted by Gasteiger charge is 2.19. The maximum atomic E-state index is 12.6. The first-order chi connectivity index (χ1) is 14.0. The molecule has 0 spiro atoms. The summed E-state index contributed by atoms with van der Waals surface area (Å²) >= 11 is 0. The van der Waals surface area contributed by atoms with E-state index in [2.05, 4.69) is 24.1 Å². The number of aryl methyl sites for hydroxylation is 1. The molecule has 1 saturated heterocycles. The fourth-order valence-corrected chi connectivity index (χ4v) is 3.78. The van der Waals surface area contributed by atoms with Gasteiger partial charge in [0.2, 0.25) is 11.8 Å². The van der Waals surface area contributed by atoms with Crippen molar-refractivity contribution in [1.82, 2.24) is 0 Å². The van der Waals surface area contributed by atoms with Crippen LogP contribution in [-0.4, -0.2) is 31.4 Å². The van der Waals surface area contributed by atoms with E-state index < -0.39 is 0 Å². The smallest absolute Gasteiger partial charge is 0.244 e. The number of amides is 2.